The maximum Gasteiger partial charge on any atom is 0.266 e. The number of imidazole rings is 1. The molecule has 1 amide bonds. The molecule has 60 valence electrons. The molecule has 1 rings (SSSR count). The highest BCUT2D eigenvalue weighted by Crippen LogP contribution is 2.07. The smallest absolute Gasteiger partial charge is 0.266 e. The molecule has 11 heavy (non-hydrogen) atoms. The van der Waals surface area contributed by atoms with Gasteiger partial charge in [-0.05, 0) is 13.8 Å². The average Bonchev–Trinajstić information content (AvgIpc) is 2.32. The van der Waals surface area contributed by atoms with Gasteiger partial charge in [-0.1, -0.05) is 0 Å². The number of carbonyl (C=O) groups is 1. The topological polar surface area (TPSA) is 60.9 Å². The van der Waals surface area contributed by atoms with E-state index in [-0.39, 0.29) is 6.04 Å². The van der Waals surface area contributed by atoms with Gasteiger partial charge < -0.3 is 10.3 Å². The fourth-order valence-corrected chi connectivity index (χ4v) is 0.907. The zero-order chi connectivity index (χ0) is 8.43. The van der Waals surface area contributed by atoms with E-state index in [1.54, 1.807) is 10.9 Å². The van der Waals surface area contributed by atoms with Gasteiger partial charge in [-0.15, -0.1) is 0 Å². The minimum Gasteiger partial charge on any atom is -0.364 e. The zero-order valence-electron chi connectivity index (χ0n) is 6.61. The molecule has 0 radical (unpaired) electrons. The highest BCUT2D eigenvalue weighted by atomic mass is 16.1. The summed E-state index contributed by atoms with van der Waals surface area (Å²) in [5, 5.41) is 0. The first-order chi connectivity index (χ1) is 5.13. The van der Waals surface area contributed by atoms with E-state index in [2.05, 4.69) is 4.98 Å². The Bertz CT molecular complexity index is 264. The van der Waals surface area contributed by atoms with Crippen LogP contribution in [-0.4, -0.2) is 15.5 Å². The number of rotatable bonds is 2. The molecule has 0 atom stereocenters. The lowest BCUT2D eigenvalue weighted by atomic mass is 10.3. The summed E-state index contributed by atoms with van der Waals surface area (Å²) in [7, 11) is 0. The van der Waals surface area contributed by atoms with Gasteiger partial charge in [0.05, 0.1) is 12.5 Å². The molecule has 1 aromatic heterocycles. The van der Waals surface area contributed by atoms with Crippen LogP contribution in [-0.2, 0) is 0 Å². The van der Waals surface area contributed by atoms with Crippen LogP contribution >= 0.6 is 0 Å². The Labute approximate surface area is 65.0 Å². The fourth-order valence-electron chi connectivity index (χ4n) is 0.907. The van der Waals surface area contributed by atoms with E-state index in [9.17, 15) is 4.79 Å². The number of nitrogens with zero attached hydrogens (tertiary/aromatic N) is 2. The van der Waals surface area contributed by atoms with Gasteiger partial charge in [0.15, 0.2) is 0 Å². The lowest BCUT2D eigenvalue weighted by Crippen LogP contribution is -2.17. The molecule has 4 nitrogen and oxygen atoms in total. The first kappa shape index (κ1) is 7.78. The van der Waals surface area contributed by atoms with Crippen LogP contribution in [0.15, 0.2) is 12.5 Å². The highest BCUT2D eigenvalue weighted by molar-refractivity contribution is 5.90. The molecule has 0 aromatic carbocycles. The Morgan fingerprint density at radius 1 is 1.73 bits per heavy atom. The summed E-state index contributed by atoms with van der Waals surface area (Å²) in [6.45, 7) is 3.93. The van der Waals surface area contributed by atoms with Gasteiger partial charge in [0.2, 0.25) is 0 Å². The minimum absolute atomic E-state index is 0.222. The minimum atomic E-state index is -0.434. The Balaban J connectivity index is 3.06. The number of primary amides is 1. The molecule has 0 bridgehead atoms. The largest absolute Gasteiger partial charge is 0.364 e. The van der Waals surface area contributed by atoms with E-state index in [4.69, 9.17) is 5.73 Å². The van der Waals surface area contributed by atoms with Crippen molar-refractivity contribution in [2.45, 2.75) is 19.9 Å². The van der Waals surface area contributed by atoms with Crippen LogP contribution in [0.3, 0.4) is 0 Å². The van der Waals surface area contributed by atoms with Crippen LogP contribution in [0.1, 0.15) is 30.4 Å². The Morgan fingerprint density at radius 2 is 2.36 bits per heavy atom. The van der Waals surface area contributed by atoms with Crippen molar-refractivity contribution in [1.82, 2.24) is 9.55 Å². The number of nitrogens with two attached hydrogens (primary N) is 1. The van der Waals surface area contributed by atoms with E-state index in [0.29, 0.717) is 5.69 Å². The highest BCUT2D eigenvalue weighted by Gasteiger charge is 2.08. The third-order valence-corrected chi connectivity index (χ3v) is 1.47. The first-order valence-electron chi connectivity index (χ1n) is 3.44. The molecule has 1 aromatic rings. The summed E-state index contributed by atoms with van der Waals surface area (Å²) in [5.74, 6) is -0.434. The first-order valence-corrected chi connectivity index (χ1v) is 3.44. The van der Waals surface area contributed by atoms with E-state index in [1.807, 2.05) is 13.8 Å². The van der Waals surface area contributed by atoms with Crippen molar-refractivity contribution < 1.29 is 4.79 Å². The number of aromatic nitrogens is 2. The molecule has 0 saturated heterocycles. The van der Waals surface area contributed by atoms with Crippen molar-refractivity contribution >= 4 is 5.91 Å². The van der Waals surface area contributed by atoms with Crippen LogP contribution in [0.25, 0.3) is 0 Å². The summed E-state index contributed by atoms with van der Waals surface area (Å²) in [5.41, 5.74) is 5.56. The predicted molar refractivity (Wildman–Crippen MR) is 41.1 cm³/mol. The van der Waals surface area contributed by atoms with Crippen LogP contribution < -0.4 is 5.73 Å². The molecule has 0 saturated carbocycles. The summed E-state index contributed by atoms with van der Waals surface area (Å²) in [6.07, 6.45) is 3.08. The van der Waals surface area contributed by atoms with E-state index < -0.39 is 5.91 Å². The lowest BCUT2D eigenvalue weighted by Gasteiger charge is -2.08. The Morgan fingerprint density at radius 3 is 2.73 bits per heavy atom. The quantitative estimate of drug-likeness (QED) is 0.674. The van der Waals surface area contributed by atoms with Crippen LogP contribution in [0.2, 0.25) is 0 Å². The summed E-state index contributed by atoms with van der Waals surface area (Å²) in [6, 6.07) is 0.222. The summed E-state index contributed by atoms with van der Waals surface area (Å²) < 4.78 is 1.74. The molecule has 0 aliphatic carbocycles. The number of hydrogen-bond acceptors (Lipinski definition) is 2. The maximum atomic E-state index is 10.7. The van der Waals surface area contributed by atoms with Gasteiger partial charge in [0.25, 0.3) is 5.91 Å². The molecule has 0 spiro atoms. The molecule has 0 aliphatic heterocycles. The van der Waals surface area contributed by atoms with Crippen molar-refractivity contribution in [3.8, 4) is 0 Å². The maximum absolute atomic E-state index is 10.7. The van der Waals surface area contributed by atoms with Crippen molar-refractivity contribution in [2.24, 2.45) is 5.73 Å². The molecular formula is C7H11N3O. The van der Waals surface area contributed by atoms with Gasteiger partial charge in [-0.2, -0.15) is 0 Å². The van der Waals surface area contributed by atoms with Gasteiger partial charge in [-0.3, -0.25) is 4.79 Å². The van der Waals surface area contributed by atoms with Crippen molar-refractivity contribution in [2.75, 3.05) is 0 Å². The Hall–Kier alpha value is -1.32. The molecule has 0 unspecified atom stereocenters. The number of amides is 1. The average molecular weight is 153 g/mol. The molecule has 2 N–H and O–H groups in total. The number of hydrogen-bond donors (Lipinski definition) is 1. The molecule has 0 aliphatic rings. The van der Waals surface area contributed by atoms with E-state index in [0.717, 1.165) is 0 Å². The third kappa shape index (κ3) is 1.39. The Kier molecular flexibility index (Phi) is 1.94. The molecule has 4 heteroatoms. The van der Waals surface area contributed by atoms with Gasteiger partial charge in [-0.25, -0.2) is 4.98 Å². The predicted octanol–water partition coefficient (Wildman–Crippen LogP) is 0.563. The van der Waals surface area contributed by atoms with Crippen LogP contribution in [0, 0.1) is 0 Å². The van der Waals surface area contributed by atoms with Crippen LogP contribution in [0.5, 0.6) is 0 Å². The monoisotopic (exact) mass is 153 g/mol. The second-order valence-corrected chi connectivity index (χ2v) is 2.64. The standard InChI is InChI=1S/C7H11N3O/c1-5(2)10-4-9-3-6(10)7(8)11/h3-5H,1-2H3,(H2,8,11). The van der Waals surface area contributed by atoms with Crippen LogP contribution in [0.4, 0.5) is 0 Å². The van der Waals surface area contributed by atoms with Gasteiger partial charge in [0, 0.05) is 6.04 Å². The number of carbonyl (C=O) groups excluding carboxylic acids is 1. The third-order valence-electron chi connectivity index (χ3n) is 1.47. The van der Waals surface area contributed by atoms with E-state index in [1.165, 1.54) is 6.20 Å². The lowest BCUT2D eigenvalue weighted by molar-refractivity contribution is 0.0990. The molecule has 1 heterocycles. The molecule has 0 fully saturated rings. The van der Waals surface area contributed by atoms with Crippen molar-refractivity contribution in [3.63, 3.8) is 0 Å². The van der Waals surface area contributed by atoms with Gasteiger partial charge >= 0.3 is 0 Å². The van der Waals surface area contributed by atoms with E-state index >= 15 is 0 Å². The van der Waals surface area contributed by atoms with Crippen molar-refractivity contribution in [3.05, 3.63) is 18.2 Å². The second kappa shape index (κ2) is 2.74. The molecular weight excluding hydrogens is 142 g/mol. The van der Waals surface area contributed by atoms with Crippen molar-refractivity contribution in [1.29, 1.82) is 0 Å². The van der Waals surface area contributed by atoms with Gasteiger partial charge in [0.1, 0.15) is 5.69 Å². The SMILES string of the molecule is CC(C)n1cncc1C(N)=O. The summed E-state index contributed by atoms with van der Waals surface area (Å²) >= 11 is 0. The zero-order valence-corrected chi connectivity index (χ0v) is 6.61. The normalized spacial score (nSPS) is 10.5. The second-order valence-electron chi connectivity index (χ2n) is 2.64. The summed E-state index contributed by atoms with van der Waals surface area (Å²) in [4.78, 5) is 14.6. The fraction of sp³-hybridized carbons (Fsp3) is 0.429.